The number of carboxylic acid groups (broad SMARTS) is 1. The van der Waals surface area contributed by atoms with Gasteiger partial charge in [0.25, 0.3) is 0 Å². The van der Waals surface area contributed by atoms with Crippen LogP contribution >= 0.6 is 0 Å². The number of carbonyl (C=O) groups is 2. The van der Waals surface area contributed by atoms with Gasteiger partial charge >= 0.3 is 5.97 Å². The fraction of sp³-hybridized carbons (Fsp3) is 0.429. The lowest BCUT2D eigenvalue weighted by Crippen LogP contribution is -2.26. The van der Waals surface area contributed by atoms with E-state index in [1.54, 1.807) is 12.1 Å². The first-order chi connectivity index (χ1) is 8.82. The summed E-state index contributed by atoms with van der Waals surface area (Å²) in [5, 5.41) is 7.70. The van der Waals surface area contributed by atoms with Crippen molar-refractivity contribution in [3.63, 3.8) is 0 Å². The van der Waals surface area contributed by atoms with Crippen LogP contribution in [0.4, 0.5) is 0 Å². The van der Waals surface area contributed by atoms with Crippen LogP contribution < -0.4 is 0 Å². The number of Topliss-reactive ketones (excluding diaryl/α,β-unsaturated/α-hetero) is 1. The third kappa shape index (κ3) is 4.28. The van der Waals surface area contributed by atoms with E-state index in [1.807, 2.05) is 12.1 Å². The predicted molar refractivity (Wildman–Crippen MR) is 75.0 cm³/mol. The number of benzene rings is 1. The fourth-order valence-corrected chi connectivity index (χ4v) is 2.40. The maximum absolute atomic E-state index is 11.9. The average Bonchev–Trinajstić information content (AvgIpc) is 2.37. The first kappa shape index (κ1) is 15.6. The molecule has 4 nitrogen and oxygen atoms in total. The number of hydrogen-bond acceptors (Lipinski definition) is 3. The van der Waals surface area contributed by atoms with Crippen LogP contribution in [0.2, 0.25) is 0 Å². The van der Waals surface area contributed by atoms with E-state index in [4.69, 9.17) is 5.11 Å². The van der Waals surface area contributed by atoms with Gasteiger partial charge in [-0.3, -0.25) is 13.8 Å². The Kier molecular flexibility index (Phi) is 5.42. The minimum atomic E-state index is -1.69. The standard InChI is InChI=1S/C14H18O4S/c1-9(2)11-4-6-12(7-5-11)13(15)8-19(18)10(3)14(16)17/h4-7,9-10H,8H2,1-3H3,(H,16,17). The largest absolute Gasteiger partial charge is 0.480 e. The van der Waals surface area contributed by atoms with Gasteiger partial charge in [-0.25, -0.2) is 0 Å². The Labute approximate surface area is 115 Å². The second-order valence-corrected chi connectivity index (χ2v) is 6.46. The Balaban J connectivity index is 2.73. The van der Waals surface area contributed by atoms with Crippen molar-refractivity contribution in [2.24, 2.45) is 0 Å². The first-order valence-electron chi connectivity index (χ1n) is 6.06. The van der Waals surface area contributed by atoms with Crippen LogP contribution in [-0.2, 0) is 15.6 Å². The summed E-state index contributed by atoms with van der Waals surface area (Å²) in [6, 6.07) is 7.11. The molecule has 1 rings (SSSR count). The zero-order chi connectivity index (χ0) is 14.6. The molecule has 1 aromatic rings. The zero-order valence-corrected chi connectivity index (χ0v) is 12.1. The molecule has 0 fully saturated rings. The van der Waals surface area contributed by atoms with Gasteiger partial charge in [0, 0.05) is 16.4 Å². The molecule has 0 amide bonds. The van der Waals surface area contributed by atoms with Crippen LogP contribution in [0.3, 0.4) is 0 Å². The molecule has 104 valence electrons. The maximum Gasteiger partial charge on any atom is 0.318 e. The minimum Gasteiger partial charge on any atom is -0.480 e. The maximum atomic E-state index is 11.9. The van der Waals surface area contributed by atoms with Crippen LogP contribution in [0.5, 0.6) is 0 Å². The highest BCUT2D eigenvalue weighted by molar-refractivity contribution is 7.87. The van der Waals surface area contributed by atoms with E-state index in [-0.39, 0.29) is 11.5 Å². The summed E-state index contributed by atoms with van der Waals surface area (Å²) in [6.45, 7) is 5.45. The highest BCUT2D eigenvalue weighted by Crippen LogP contribution is 2.15. The number of rotatable bonds is 6. The molecule has 0 heterocycles. The Hall–Kier alpha value is -1.49. The summed E-state index contributed by atoms with van der Waals surface area (Å²) in [5.41, 5.74) is 1.59. The van der Waals surface area contributed by atoms with Crippen molar-refractivity contribution < 1.29 is 18.9 Å². The first-order valence-corrected chi connectivity index (χ1v) is 7.44. The SMILES string of the molecule is CC(C)c1ccc(C(=O)CS(=O)C(C)C(=O)O)cc1. The minimum absolute atomic E-state index is 0.255. The highest BCUT2D eigenvalue weighted by atomic mass is 32.2. The second kappa shape index (κ2) is 6.61. The average molecular weight is 282 g/mol. The number of carbonyl (C=O) groups excluding carboxylic acids is 1. The molecular formula is C14H18O4S. The smallest absolute Gasteiger partial charge is 0.318 e. The molecule has 2 atom stereocenters. The zero-order valence-electron chi connectivity index (χ0n) is 11.3. The molecule has 0 spiro atoms. The van der Waals surface area contributed by atoms with Gasteiger partial charge in [0.2, 0.25) is 0 Å². The normalized spacial score (nSPS) is 14.1. The lowest BCUT2D eigenvalue weighted by Gasteiger charge is -2.08. The predicted octanol–water partition coefficient (Wildman–Crippen LogP) is 2.21. The van der Waals surface area contributed by atoms with E-state index in [1.165, 1.54) is 6.92 Å². The van der Waals surface area contributed by atoms with Gasteiger partial charge in [-0.1, -0.05) is 38.1 Å². The Morgan fingerprint density at radius 3 is 2.11 bits per heavy atom. The van der Waals surface area contributed by atoms with Gasteiger partial charge in [0.1, 0.15) is 5.25 Å². The second-order valence-electron chi connectivity index (χ2n) is 4.71. The summed E-state index contributed by atoms with van der Waals surface area (Å²) in [7, 11) is -1.69. The van der Waals surface area contributed by atoms with E-state index >= 15 is 0 Å². The molecule has 5 heteroatoms. The Morgan fingerprint density at radius 1 is 1.16 bits per heavy atom. The summed E-state index contributed by atoms with van der Waals surface area (Å²) >= 11 is 0. The monoisotopic (exact) mass is 282 g/mol. The highest BCUT2D eigenvalue weighted by Gasteiger charge is 2.21. The third-order valence-corrected chi connectivity index (χ3v) is 4.45. The van der Waals surface area contributed by atoms with Gasteiger partial charge in [-0.2, -0.15) is 0 Å². The molecular weight excluding hydrogens is 264 g/mol. The molecule has 0 aliphatic rings. The van der Waals surface area contributed by atoms with E-state index in [2.05, 4.69) is 13.8 Å². The summed E-state index contributed by atoms with van der Waals surface area (Å²) in [4.78, 5) is 22.6. The number of carboxylic acids is 1. The van der Waals surface area contributed by atoms with Crippen LogP contribution in [-0.4, -0.2) is 32.1 Å². The van der Waals surface area contributed by atoms with Crippen molar-refractivity contribution in [2.75, 3.05) is 5.75 Å². The van der Waals surface area contributed by atoms with E-state index in [9.17, 15) is 13.8 Å². The Bertz CT molecular complexity index is 491. The summed E-state index contributed by atoms with van der Waals surface area (Å²) in [5.74, 6) is -1.32. The fourth-order valence-electron chi connectivity index (χ4n) is 1.50. The molecule has 0 aliphatic heterocycles. The molecule has 0 saturated heterocycles. The molecule has 2 unspecified atom stereocenters. The van der Waals surface area contributed by atoms with Gasteiger partial charge in [0.15, 0.2) is 5.78 Å². The molecule has 1 aromatic carbocycles. The Morgan fingerprint density at radius 2 is 1.68 bits per heavy atom. The van der Waals surface area contributed by atoms with E-state index < -0.39 is 22.0 Å². The molecule has 19 heavy (non-hydrogen) atoms. The van der Waals surface area contributed by atoms with Gasteiger partial charge in [-0.15, -0.1) is 0 Å². The van der Waals surface area contributed by atoms with E-state index in [0.717, 1.165) is 5.56 Å². The quantitative estimate of drug-likeness (QED) is 0.812. The molecule has 0 saturated carbocycles. The summed E-state index contributed by atoms with van der Waals surface area (Å²) in [6.07, 6.45) is 0. The topological polar surface area (TPSA) is 71.4 Å². The number of ketones is 1. The molecule has 0 aliphatic carbocycles. The van der Waals surface area contributed by atoms with Crippen molar-refractivity contribution in [3.8, 4) is 0 Å². The van der Waals surface area contributed by atoms with Gasteiger partial charge in [0.05, 0.1) is 5.75 Å². The molecule has 0 radical (unpaired) electrons. The van der Waals surface area contributed by atoms with Crippen molar-refractivity contribution >= 4 is 22.6 Å². The molecule has 0 aromatic heterocycles. The molecule has 1 N–H and O–H groups in total. The third-order valence-electron chi connectivity index (χ3n) is 2.91. The summed E-state index contributed by atoms with van der Waals surface area (Å²) < 4.78 is 11.7. The van der Waals surface area contributed by atoms with Gasteiger partial charge < -0.3 is 5.11 Å². The van der Waals surface area contributed by atoms with Gasteiger partial charge in [-0.05, 0) is 18.4 Å². The van der Waals surface area contributed by atoms with Crippen molar-refractivity contribution in [3.05, 3.63) is 35.4 Å². The lowest BCUT2D eigenvalue weighted by atomic mass is 10.0. The van der Waals surface area contributed by atoms with Crippen molar-refractivity contribution in [1.82, 2.24) is 0 Å². The van der Waals surface area contributed by atoms with Crippen LogP contribution in [0.15, 0.2) is 24.3 Å². The van der Waals surface area contributed by atoms with Crippen molar-refractivity contribution in [1.29, 1.82) is 0 Å². The van der Waals surface area contributed by atoms with Crippen molar-refractivity contribution in [2.45, 2.75) is 31.9 Å². The van der Waals surface area contributed by atoms with E-state index in [0.29, 0.717) is 11.5 Å². The van der Waals surface area contributed by atoms with Crippen LogP contribution in [0.25, 0.3) is 0 Å². The number of hydrogen-bond donors (Lipinski definition) is 1. The number of aliphatic carboxylic acids is 1. The molecule has 0 bridgehead atoms. The van der Waals surface area contributed by atoms with Crippen LogP contribution in [0, 0.1) is 0 Å². The van der Waals surface area contributed by atoms with Crippen LogP contribution in [0.1, 0.15) is 42.6 Å². The lowest BCUT2D eigenvalue weighted by molar-refractivity contribution is -0.136.